The van der Waals surface area contributed by atoms with E-state index in [0.717, 1.165) is 22.2 Å². The molecule has 0 fully saturated rings. The maximum atomic E-state index is 11.8. The first-order valence-electron chi connectivity index (χ1n) is 6.38. The molecule has 0 radical (unpaired) electrons. The Bertz CT molecular complexity index is 540. The van der Waals surface area contributed by atoms with Gasteiger partial charge in [0.2, 0.25) is 5.91 Å². The first-order chi connectivity index (χ1) is 9.69. The van der Waals surface area contributed by atoms with E-state index in [4.69, 9.17) is 5.73 Å². The van der Waals surface area contributed by atoms with Crippen LogP contribution < -0.4 is 11.1 Å². The van der Waals surface area contributed by atoms with E-state index in [1.54, 1.807) is 0 Å². The number of amides is 1. The van der Waals surface area contributed by atoms with Gasteiger partial charge in [0.25, 0.3) is 0 Å². The molecule has 1 aromatic carbocycles. The van der Waals surface area contributed by atoms with E-state index in [2.05, 4.69) is 20.5 Å². The van der Waals surface area contributed by atoms with E-state index < -0.39 is 6.04 Å². The van der Waals surface area contributed by atoms with Crippen molar-refractivity contribution in [3.8, 4) is 0 Å². The summed E-state index contributed by atoms with van der Waals surface area (Å²) in [5, 5.41) is 10.1. The Kier molecular flexibility index (Phi) is 5.14. The van der Waals surface area contributed by atoms with Crippen LogP contribution in [0.5, 0.6) is 0 Å². The Hall–Kier alpha value is -1.86. The number of nitrogens with zero attached hydrogens (tertiary/aromatic N) is 2. The summed E-state index contributed by atoms with van der Waals surface area (Å²) in [7, 11) is 0. The van der Waals surface area contributed by atoms with Gasteiger partial charge < -0.3 is 11.1 Å². The highest BCUT2D eigenvalue weighted by Gasteiger charge is 2.12. The van der Waals surface area contributed by atoms with Gasteiger partial charge in [0.05, 0.1) is 6.04 Å². The maximum Gasteiger partial charge on any atom is 0.241 e. The van der Waals surface area contributed by atoms with Gasteiger partial charge in [0.15, 0.2) is 5.16 Å². The van der Waals surface area contributed by atoms with Gasteiger partial charge in [0, 0.05) is 10.6 Å². The van der Waals surface area contributed by atoms with Gasteiger partial charge in [0.1, 0.15) is 6.33 Å². The first-order valence-corrected chi connectivity index (χ1v) is 7.20. The molecule has 0 aliphatic carbocycles. The summed E-state index contributed by atoms with van der Waals surface area (Å²) in [6, 6.07) is 7.05. The fraction of sp³-hybridized carbons (Fsp3) is 0.308. The standard InChI is InChI=1S/C13H17N5OS/c1-2-3-11(14)12(19)17-9-4-6-10(7-5-9)20-13-15-8-16-18-13/h4-8,11H,2-3,14H2,1H3,(H,17,19)(H,15,16,18)/t11-/m0/s1. The van der Waals surface area contributed by atoms with E-state index >= 15 is 0 Å². The first kappa shape index (κ1) is 14.5. The van der Waals surface area contributed by atoms with Gasteiger partial charge in [-0.25, -0.2) is 4.98 Å². The number of nitrogens with one attached hydrogen (secondary N) is 2. The molecule has 0 aliphatic rings. The molecule has 2 rings (SSSR count). The summed E-state index contributed by atoms with van der Waals surface area (Å²) in [6.45, 7) is 2.00. The molecule has 6 nitrogen and oxygen atoms in total. The minimum absolute atomic E-state index is 0.150. The summed E-state index contributed by atoms with van der Waals surface area (Å²) >= 11 is 1.47. The number of hydrogen-bond donors (Lipinski definition) is 3. The molecule has 106 valence electrons. The number of hydrogen-bond acceptors (Lipinski definition) is 5. The highest BCUT2D eigenvalue weighted by molar-refractivity contribution is 7.99. The van der Waals surface area contributed by atoms with Crippen molar-refractivity contribution in [3.63, 3.8) is 0 Å². The normalized spacial score (nSPS) is 12.1. The number of carbonyl (C=O) groups excluding carboxylic acids is 1. The van der Waals surface area contributed by atoms with Gasteiger partial charge in [-0.1, -0.05) is 25.1 Å². The van der Waals surface area contributed by atoms with Crippen molar-refractivity contribution in [3.05, 3.63) is 30.6 Å². The zero-order valence-corrected chi connectivity index (χ0v) is 12.0. The molecule has 4 N–H and O–H groups in total. The number of carbonyl (C=O) groups is 1. The number of benzene rings is 1. The minimum Gasteiger partial charge on any atom is -0.325 e. The van der Waals surface area contributed by atoms with Gasteiger partial charge in [-0.05, 0) is 30.7 Å². The molecule has 1 amide bonds. The van der Waals surface area contributed by atoms with Crippen LogP contribution in [0.2, 0.25) is 0 Å². The zero-order chi connectivity index (χ0) is 14.4. The summed E-state index contributed by atoms with van der Waals surface area (Å²) in [4.78, 5) is 16.8. The van der Waals surface area contributed by atoms with Crippen LogP contribution in [0.1, 0.15) is 19.8 Å². The molecule has 0 aliphatic heterocycles. The van der Waals surface area contributed by atoms with Crippen molar-refractivity contribution in [2.45, 2.75) is 35.9 Å². The molecule has 2 aromatic rings. The minimum atomic E-state index is -0.455. The molecule has 0 bridgehead atoms. The van der Waals surface area contributed by atoms with E-state index in [1.165, 1.54) is 18.1 Å². The lowest BCUT2D eigenvalue weighted by Gasteiger charge is -2.11. The summed E-state index contributed by atoms with van der Waals surface area (Å²) in [6.07, 6.45) is 3.04. The predicted octanol–water partition coefficient (Wildman–Crippen LogP) is 2.02. The number of aromatic nitrogens is 3. The van der Waals surface area contributed by atoms with E-state index in [0.29, 0.717) is 6.42 Å². The molecule has 0 unspecified atom stereocenters. The van der Waals surface area contributed by atoms with E-state index in [9.17, 15) is 4.79 Å². The molecular weight excluding hydrogens is 274 g/mol. The highest BCUT2D eigenvalue weighted by Crippen LogP contribution is 2.25. The lowest BCUT2D eigenvalue weighted by molar-refractivity contribution is -0.117. The smallest absolute Gasteiger partial charge is 0.241 e. The van der Waals surface area contributed by atoms with Crippen LogP contribution in [0.3, 0.4) is 0 Å². The lowest BCUT2D eigenvalue weighted by atomic mass is 10.1. The third-order valence-electron chi connectivity index (χ3n) is 2.67. The molecule has 0 saturated heterocycles. The van der Waals surface area contributed by atoms with Crippen LogP contribution in [0, 0.1) is 0 Å². The predicted molar refractivity (Wildman–Crippen MR) is 78.5 cm³/mol. The zero-order valence-electron chi connectivity index (χ0n) is 11.2. The van der Waals surface area contributed by atoms with E-state index in [-0.39, 0.29) is 5.91 Å². The number of aromatic amines is 1. The van der Waals surface area contributed by atoms with Crippen molar-refractivity contribution < 1.29 is 4.79 Å². The van der Waals surface area contributed by atoms with Crippen LogP contribution in [-0.4, -0.2) is 27.1 Å². The Morgan fingerprint density at radius 3 is 2.80 bits per heavy atom. The Labute approximate surface area is 121 Å². The van der Waals surface area contributed by atoms with Crippen LogP contribution in [-0.2, 0) is 4.79 Å². The highest BCUT2D eigenvalue weighted by atomic mass is 32.2. The quantitative estimate of drug-likeness (QED) is 0.756. The van der Waals surface area contributed by atoms with Gasteiger partial charge >= 0.3 is 0 Å². The van der Waals surface area contributed by atoms with Crippen molar-refractivity contribution in [2.24, 2.45) is 5.73 Å². The van der Waals surface area contributed by atoms with Crippen molar-refractivity contribution in [2.75, 3.05) is 5.32 Å². The molecule has 0 spiro atoms. The van der Waals surface area contributed by atoms with Crippen LogP contribution in [0.4, 0.5) is 5.69 Å². The third kappa shape index (κ3) is 4.07. The molecule has 1 aromatic heterocycles. The largest absolute Gasteiger partial charge is 0.325 e. The summed E-state index contributed by atoms with van der Waals surface area (Å²) in [5.74, 6) is -0.150. The lowest BCUT2D eigenvalue weighted by Crippen LogP contribution is -2.35. The van der Waals surface area contributed by atoms with Crippen molar-refractivity contribution >= 4 is 23.4 Å². The van der Waals surface area contributed by atoms with Crippen molar-refractivity contribution in [1.29, 1.82) is 0 Å². The number of anilines is 1. The SMILES string of the molecule is CCC[C@H](N)C(=O)Nc1ccc(Sc2ncn[nH]2)cc1. The molecule has 1 heterocycles. The van der Waals surface area contributed by atoms with Gasteiger partial charge in [-0.3, -0.25) is 9.89 Å². The number of rotatable bonds is 6. The molecule has 0 saturated carbocycles. The summed E-state index contributed by atoms with van der Waals surface area (Å²) < 4.78 is 0. The van der Waals surface area contributed by atoms with Gasteiger partial charge in [-0.15, -0.1) is 0 Å². The second-order valence-electron chi connectivity index (χ2n) is 4.30. The molecule has 7 heteroatoms. The van der Waals surface area contributed by atoms with Crippen LogP contribution >= 0.6 is 11.8 Å². The number of nitrogens with two attached hydrogens (primary N) is 1. The molecule has 1 atom stereocenters. The Morgan fingerprint density at radius 1 is 1.45 bits per heavy atom. The molecular formula is C13H17N5OS. The fourth-order valence-corrected chi connectivity index (χ4v) is 2.33. The summed E-state index contributed by atoms with van der Waals surface area (Å²) in [5.41, 5.74) is 6.50. The van der Waals surface area contributed by atoms with Crippen LogP contribution in [0.15, 0.2) is 40.6 Å². The fourth-order valence-electron chi connectivity index (χ4n) is 1.64. The molecule has 20 heavy (non-hydrogen) atoms. The second-order valence-corrected chi connectivity index (χ2v) is 5.36. The van der Waals surface area contributed by atoms with Crippen LogP contribution in [0.25, 0.3) is 0 Å². The third-order valence-corrected chi connectivity index (χ3v) is 3.56. The maximum absolute atomic E-state index is 11.8. The average Bonchev–Trinajstić information content (AvgIpc) is 2.94. The number of H-pyrrole nitrogens is 1. The average molecular weight is 291 g/mol. The Morgan fingerprint density at radius 2 is 2.20 bits per heavy atom. The Balaban J connectivity index is 1.93. The second kappa shape index (κ2) is 7.06. The van der Waals surface area contributed by atoms with Crippen molar-refractivity contribution in [1.82, 2.24) is 15.2 Å². The topological polar surface area (TPSA) is 96.7 Å². The van der Waals surface area contributed by atoms with Gasteiger partial charge in [-0.2, -0.15) is 5.10 Å². The van der Waals surface area contributed by atoms with E-state index in [1.807, 2.05) is 31.2 Å². The monoisotopic (exact) mass is 291 g/mol.